The highest BCUT2D eigenvalue weighted by Crippen LogP contribution is 2.28. The van der Waals surface area contributed by atoms with Gasteiger partial charge in [-0.15, -0.1) is 0 Å². The maximum Gasteiger partial charge on any atom is 0.312 e. The summed E-state index contributed by atoms with van der Waals surface area (Å²) in [6.45, 7) is 3.34. The molecule has 5 heteroatoms. The predicted molar refractivity (Wildman–Crippen MR) is 70.5 cm³/mol. The van der Waals surface area contributed by atoms with Gasteiger partial charge in [0.2, 0.25) is 5.91 Å². The minimum atomic E-state index is -0.830. The van der Waals surface area contributed by atoms with Gasteiger partial charge in [-0.2, -0.15) is 0 Å². The molecule has 0 radical (unpaired) electrons. The van der Waals surface area contributed by atoms with E-state index in [1.165, 1.54) is 0 Å². The smallest absolute Gasteiger partial charge is 0.312 e. The van der Waals surface area contributed by atoms with Gasteiger partial charge >= 0.3 is 5.97 Å². The summed E-state index contributed by atoms with van der Waals surface area (Å²) in [5.74, 6) is -2.00. The summed E-state index contributed by atoms with van der Waals surface area (Å²) in [5, 5.41) is 9.33. The van der Waals surface area contributed by atoms with Gasteiger partial charge < -0.3 is 10.8 Å². The van der Waals surface area contributed by atoms with Crippen LogP contribution < -0.4 is 5.73 Å². The molecular formula is C14H18N2O3. The van der Waals surface area contributed by atoms with Crippen LogP contribution in [0.4, 0.5) is 0 Å². The topological polar surface area (TPSA) is 83.6 Å². The molecule has 1 amide bonds. The summed E-state index contributed by atoms with van der Waals surface area (Å²) >= 11 is 0. The van der Waals surface area contributed by atoms with Gasteiger partial charge in [-0.05, 0) is 11.1 Å². The van der Waals surface area contributed by atoms with Gasteiger partial charge in [0.15, 0.2) is 0 Å². The first-order chi connectivity index (χ1) is 8.99. The first kappa shape index (κ1) is 13.5. The normalized spacial score (nSPS) is 20.6. The average Bonchev–Trinajstić information content (AvgIpc) is 2.37. The number of hydrogen-bond acceptors (Lipinski definition) is 3. The van der Waals surface area contributed by atoms with Gasteiger partial charge in [-0.1, -0.05) is 31.2 Å². The van der Waals surface area contributed by atoms with E-state index in [4.69, 9.17) is 5.73 Å². The molecule has 3 N–H and O–H groups in total. The first-order valence-corrected chi connectivity index (χ1v) is 6.31. The van der Waals surface area contributed by atoms with Crippen molar-refractivity contribution in [3.8, 4) is 0 Å². The second-order valence-corrected chi connectivity index (χ2v) is 5.09. The number of benzene rings is 1. The lowest BCUT2D eigenvalue weighted by Crippen LogP contribution is -2.41. The maximum absolute atomic E-state index is 11.4. The van der Waals surface area contributed by atoms with E-state index in [0.29, 0.717) is 19.6 Å². The fraction of sp³-hybridized carbons (Fsp3) is 0.429. The molecule has 2 unspecified atom stereocenters. The van der Waals surface area contributed by atoms with Crippen molar-refractivity contribution in [1.82, 2.24) is 4.90 Å². The monoisotopic (exact) mass is 262 g/mol. The van der Waals surface area contributed by atoms with Crippen LogP contribution in [0.15, 0.2) is 24.3 Å². The number of carboxylic acid groups (broad SMARTS) is 1. The van der Waals surface area contributed by atoms with E-state index < -0.39 is 11.9 Å². The van der Waals surface area contributed by atoms with E-state index in [9.17, 15) is 14.7 Å². The second-order valence-electron chi connectivity index (χ2n) is 5.09. The molecule has 5 nitrogen and oxygen atoms in total. The zero-order valence-electron chi connectivity index (χ0n) is 10.9. The van der Waals surface area contributed by atoms with E-state index in [1.807, 2.05) is 29.2 Å². The Balaban J connectivity index is 2.20. The highest BCUT2D eigenvalue weighted by molar-refractivity contribution is 5.78. The summed E-state index contributed by atoms with van der Waals surface area (Å²) in [4.78, 5) is 24.5. The van der Waals surface area contributed by atoms with Gasteiger partial charge in [0.05, 0.1) is 5.92 Å². The van der Waals surface area contributed by atoms with Gasteiger partial charge in [0.25, 0.3) is 0 Å². The number of fused-ring (bicyclic) bond motifs is 1. The number of amides is 1. The summed E-state index contributed by atoms with van der Waals surface area (Å²) in [6, 6.07) is 7.56. The molecule has 102 valence electrons. The molecule has 0 fully saturated rings. The quantitative estimate of drug-likeness (QED) is 0.840. The van der Waals surface area contributed by atoms with Crippen LogP contribution in [0, 0.1) is 5.92 Å². The molecule has 2 atom stereocenters. The fourth-order valence-corrected chi connectivity index (χ4v) is 2.51. The number of nitrogens with zero attached hydrogens (tertiary/aromatic N) is 1. The highest BCUT2D eigenvalue weighted by Gasteiger charge is 2.31. The Morgan fingerprint density at radius 2 is 2.16 bits per heavy atom. The largest absolute Gasteiger partial charge is 0.481 e. The van der Waals surface area contributed by atoms with E-state index in [1.54, 1.807) is 6.92 Å². The first-order valence-electron chi connectivity index (χ1n) is 6.31. The third-order valence-electron chi connectivity index (χ3n) is 3.58. The van der Waals surface area contributed by atoms with Crippen LogP contribution in [0.5, 0.6) is 0 Å². The van der Waals surface area contributed by atoms with Gasteiger partial charge in [0.1, 0.15) is 0 Å². The molecule has 2 rings (SSSR count). The molecule has 1 aliphatic rings. The van der Waals surface area contributed by atoms with E-state index in [-0.39, 0.29) is 11.8 Å². The van der Waals surface area contributed by atoms with Crippen molar-refractivity contribution in [2.24, 2.45) is 11.7 Å². The number of nitrogens with two attached hydrogens (primary N) is 1. The molecule has 0 bridgehead atoms. The van der Waals surface area contributed by atoms with E-state index in [0.717, 1.165) is 11.1 Å². The highest BCUT2D eigenvalue weighted by atomic mass is 16.4. The Hall–Kier alpha value is -1.88. The van der Waals surface area contributed by atoms with Crippen LogP contribution in [0.1, 0.15) is 24.0 Å². The molecule has 1 aliphatic heterocycles. The van der Waals surface area contributed by atoms with Crippen LogP contribution in [0.2, 0.25) is 0 Å². The maximum atomic E-state index is 11.4. The van der Waals surface area contributed by atoms with Gasteiger partial charge in [0, 0.05) is 25.6 Å². The molecule has 1 heterocycles. The molecule has 19 heavy (non-hydrogen) atoms. The molecule has 1 aromatic rings. The molecule has 0 saturated carbocycles. The van der Waals surface area contributed by atoms with Crippen molar-refractivity contribution in [1.29, 1.82) is 0 Å². The zero-order valence-corrected chi connectivity index (χ0v) is 10.9. The lowest BCUT2D eigenvalue weighted by Gasteiger charge is -2.33. The van der Waals surface area contributed by atoms with Crippen molar-refractivity contribution in [2.75, 3.05) is 13.1 Å². The Kier molecular flexibility index (Phi) is 3.85. The Labute approximate surface area is 112 Å². The molecule has 1 aromatic carbocycles. The van der Waals surface area contributed by atoms with E-state index in [2.05, 4.69) is 0 Å². The predicted octanol–water partition coefficient (Wildman–Crippen LogP) is 0.792. The lowest BCUT2D eigenvalue weighted by molar-refractivity contribution is -0.139. The second kappa shape index (κ2) is 5.40. The molecule has 0 spiro atoms. The summed E-state index contributed by atoms with van der Waals surface area (Å²) in [6.07, 6.45) is 0. The SMILES string of the molecule is CC(CN1Cc2ccccc2C(C(=O)O)C1)C(N)=O. The van der Waals surface area contributed by atoms with Crippen molar-refractivity contribution >= 4 is 11.9 Å². The third-order valence-corrected chi connectivity index (χ3v) is 3.58. The van der Waals surface area contributed by atoms with Gasteiger partial charge in [-0.25, -0.2) is 0 Å². The van der Waals surface area contributed by atoms with Crippen molar-refractivity contribution < 1.29 is 14.7 Å². The Morgan fingerprint density at radius 1 is 1.47 bits per heavy atom. The van der Waals surface area contributed by atoms with Gasteiger partial charge in [-0.3, -0.25) is 14.5 Å². The number of aliphatic carboxylic acids is 1. The molecule has 0 aliphatic carbocycles. The average molecular weight is 262 g/mol. The van der Waals surface area contributed by atoms with E-state index >= 15 is 0 Å². The third kappa shape index (κ3) is 2.93. The number of carbonyl (C=O) groups excluding carboxylic acids is 1. The van der Waals surface area contributed by atoms with Crippen LogP contribution in [0.3, 0.4) is 0 Å². The number of hydrogen-bond donors (Lipinski definition) is 2. The van der Waals surface area contributed by atoms with Crippen molar-refractivity contribution in [2.45, 2.75) is 19.4 Å². The van der Waals surface area contributed by atoms with Crippen LogP contribution in [-0.2, 0) is 16.1 Å². The minimum absolute atomic E-state index is 0.278. The van der Waals surface area contributed by atoms with Crippen LogP contribution in [0.25, 0.3) is 0 Å². The number of primary amides is 1. The van der Waals surface area contributed by atoms with Crippen LogP contribution in [-0.4, -0.2) is 35.0 Å². The summed E-state index contributed by atoms with van der Waals surface area (Å²) in [7, 11) is 0. The molecular weight excluding hydrogens is 244 g/mol. The summed E-state index contributed by atoms with van der Waals surface area (Å²) in [5.41, 5.74) is 7.15. The Bertz CT molecular complexity index is 501. The summed E-state index contributed by atoms with van der Waals surface area (Å²) < 4.78 is 0. The number of carbonyl (C=O) groups is 2. The molecule has 0 aromatic heterocycles. The Morgan fingerprint density at radius 3 is 2.79 bits per heavy atom. The lowest BCUT2D eigenvalue weighted by atomic mass is 9.89. The number of carboxylic acids is 1. The molecule has 0 saturated heterocycles. The van der Waals surface area contributed by atoms with Crippen LogP contribution >= 0.6 is 0 Å². The number of rotatable bonds is 4. The standard InChI is InChI=1S/C14H18N2O3/c1-9(13(15)17)6-16-7-10-4-2-3-5-11(10)12(8-16)14(18)19/h2-5,9,12H,6-8H2,1H3,(H2,15,17)(H,18,19). The van der Waals surface area contributed by atoms with Crippen molar-refractivity contribution in [3.63, 3.8) is 0 Å². The fourth-order valence-electron chi connectivity index (χ4n) is 2.51. The van der Waals surface area contributed by atoms with Crippen molar-refractivity contribution in [3.05, 3.63) is 35.4 Å². The minimum Gasteiger partial charge on any atom is -0.481 e. The zero-order chi connectivity index (χ0) is 14.0.